The van der Waals surface area contributed by atoms with E-state index >= 15 is 0 Å². The number of hydrogen-bond acceptors (Lipinski definition) is 4. The van der Waals surface area contributed by atoms with Crippen LogP contribution in [0.25, 0.3) is 11.0 Å². The highest BCUT2D eigenvalue weighted by Gasteiger charge is 2.53. The zero-order valence-electron chi connectivity index (χ0n) is 17.0. The Labute approximate surface area is 166 Å². The van der Waals surface area contributed by atoms with E-state index in [0.717, 1.165) is 49.6 Å². The van der Waals surface area contributed by atoms with Gasteiger partial charge in [0.25, 0.3) is 0 Å². The van der Waals surface area contributed by atoms with Crippen molar-refractivity contribution in [2.24, 2.45) is 18.9 Å². The van der Waals surface area contributed by atoms with Gasteiger partial charge in [0.15, 0.2) is 0 Å². The quantitative estimate of drug-likeness (QED) is 0.750. The second-order valence-corrected chi connectivity index (χ2v) is 8.86. The first-order chi connectivity index (χ1) is 13.5. The molecule has 3 atom stereocenters. The molecule has 1 aromatic carbocycles. The summed E-state index contributed by atoms with van der Waals surface area (Å²) in [6.07, 6.45) is 7.03. The molecule has 5 heteroatoms. The lowest BCUT2D eigenvalue weighted by Gasteiger charge is -2.52. The van der Waals surface area contributed by atoms with Crippen LogP contribution in [0.15, 0.2) is 35.0 Å². The molecule has 2 aliphatic rings. The molecule has 1 saturated carbocycles. The van der Waals surface area contributed by atoms with E-state index in [9.17, 15) is 5.11 Å². The molecule has 1 aliphatic heterocycles. The molecule has 5 nitrogen and oxygen atoms in total. The van der Waals surface area contributed by atoms with E-state index in [2.05, 4.69) is 41.9 Å². The van der Waals surface area contributed by atoms with Crippen molar-refractivity contribution >= 4 is 11.0 Å². The van der Waals surface area contributed by atoms with Crippen LogP contribution in [0.1, 0.15) is 42.0 Å². The maximum absolute atomic E-state index is 11.7. The number of rotatable bonds is 3. The van der Waals surface area contributed by atoms with Crippen molar-refractivity contribution in [3.63, 3.8) is 0 Å². The number of aromatic nitrogens is 2. The highest BCUT2D eigenvalue weighted by Crippen LogP contribution is 2.48. The van der Waals surface area contributed by atoms with Crippen LogP contribution in [0.4, 0.5) is 0 Å². The fourth-order valence-electron chi connectivity index (χ4n) is 5.53. The molecular formula is C23H29N3O2. The zero-order valence-corrected chi connectivity index (χ0v) is 17.0. The first-order valence-corrected chi connectivity index (χ1v) is 10.4. The Hall–Kier alpha value is -2.11. The fourth-order valence-corrected chi connectivity index (χ4v) is 5.53. The van der Waals surface area contributed by atoms with Crippen LogP contribution in [0.3, 0.4) is 0 Å². The lowest BCUT2D eigenvalue weighted by atomic mass is 9.65. The maximum atomic E-state index is 11.7. The summed E-state index contributed by atoms with van der Waals surface area (Å²) in [6, 6.07) is 6.39. The van der Waals surface area contributed by atoms with Crippen molar-refractivity contribution < 1.29 is 9.52 Å². The summed E-state index contributed by atoms with van der Waals surface area (Å²) in [5.41, 5.74) is 2.66. The topological polar surface area (TPSA) is 54.4 Å². The summed E-state index contributed by atoms with van der Waals surface area (Å²) in [5, 5.41) is 13.0. The van der Waals surface area contributed by atoms with Gasteiger partial charge in [0.1, 0.15) is 22.8 Å². The van der Waals surface area contributed by atoms with Crippen LogP contribution in [-0.2, 0) is 19.2 Å². The minimum Gasteiger partial charge on any atom is -0.459 e. The molecule has 2 fully saturated rings. The predicted octanol–water partition coefficient (Wildman–Crippen LogP) is 3.90. The lowest BCUT2D eigenvalue weighted by Crippen LogP contribution is -2.58. The Morgan fingerprint density at radius 3 is 2.64 bits per heavy atom. The van der Waals surface area contributed by atoms with E-state index in [1.807, 2.05) is 17.8 Å². The van der Waals surface area contributed by atoms with Crippen LogP contribution in [-0.4, -0.2) is 32.6 Å². The van der Waals surface area contributed by atoms with Crippen molar-refractivity contribution in [1.82, 2.24) is 14.5 Å². The molecule has 0 radical (unpaired) electrons. The Bertz CT molecular complexity index is 1000. The van der Waals surface area contributed by atoms with E-state index in [0.29, 0.717) is 0 Å². The number of aliphatic hydroxyl groups is 1. The smallest absolute Gasteiger partial charge is 0.141 e. The van der Waals surface area contributed by atoms with Crippen molar-refractivity contribution in [1.29, 1.82) is 0 Å². The van der Waals surface area contributed by atoms with Gasteiger partial charge in [0, 0.05) is 49.8 Å². The summed E-state index contributed by atoms with van der Waals surface area (Å²) in [6.45, 7) is 6.86. The SMILES string of the molecule is Cc1ccc2oc(CN3C[C@H]4CCC[C@@H](C3)C4(O)c3nccn3C)c(C)c2c1. The van der Waals surface area contributed by atoms with E-state index in [4.69, 9.17) is 4.42 Å². The van der Waals surface area contributed by atoms with Crippen LogP contribution < -0.4 is 0 Å². The van der Waals surface area contributed by atoms with Crippen LogP contribution in [0, 0.1) is 25.7 Å². The molecule has 0 spiro atoms. The van der Waals surface area contributed by atoms with Gasteiger partial charge in [-0.05, 0) is 44.4 Å². The average Bonchev–Trinajstić information content (AvgIpc) is 3.21. The summed E-state index contributed by atoms with van der Waals surface area (Å²) >= 11 is 0. The number of furan rings is 1. The average molecular weight is 380 g/mol. The number of fused-ring (bicyclic) bond motifs is 3. The Morgan fingerprint density at radius 1 is 1.21 bits per heavy atom. The normalized spacial score (nSPS) is 28.1. The minimum absolute atomic E-state index is 0.216. The third-order valence-electron chi connectivity index (χ3n) is 7.04. The van der Waals surface area contributed by atoms with Gasteiger partial charge < -0.3 is 14.1 Å². The summed E-state index contributed by atoms with van der Waals surface area (Å²) in [7, 11) is 1.99. The number of imidazole rings is 1. The van der Waals surface area contributed by atoms with Crippen LogP contribution in [0.5, 0.6) is 0 Å². The van der Waals surface area contributed by atoms with E-state index in [1.165, 1.54) is 22.9 Å². The van der Waals surface area contributed by atoms with Crippen LogP contribution in [0.2, 0.25) is 0 Å². The van der Waals surface area contributed by atoms with E-state index in [1.54, 1.807) is 6.20 Å². The van der Waals surface area contributed by atoms with Gasteiger partial charge in [-0.1, -0.05) is 18.1 Å². The number of benzene rings is 1. The van der Waals surface area contributed by atoms with Crippen molar-refractivity contribution in [3.8, 4) is 0 Å². The van der Waals surface area contributed by atoms with Gasteiger partial charge in [0.05, 0.1) is 6.54 Å². The molecule has 3 aromatic rings. The second-order valence-electron chi connectivity index (χ2n) is 8.86. The Kier molecular flexibility index (Phi) is 4.14. The van der Waals surface area contributed by atoms with E-state index in [-0.39, 0.29) is 11.8 Å². The molecule has 0 amide bonds. The number of piperidine rings is 1. The molecule has 2 bridgehead atoms. The van der Waals surface area contributed by atoms with Crippen molar-refractivity contribution in [2.45, 2.75) is 45.3 Å². The molecule has 3 heterocycles. The highest BCUT2D eigenvalue weighted by atomic mass is 16.3. The van der Waals surface area contributed by atoms with Gasteiger partial charge in [-0.15, -0.1) is 0 Å². The first kappa shape index (κ1) is 18.0. The van der Waals surface area contributed by atoms with Gasteiger partial charge in [-0.25, -0.2) is 4.98 Å². The summed E-state index contributed by atoms with van der Waals surface area (Å²) in [5.74, 6) is 2.32. The van der Waals surface area contributed by atoms with Gasteiger partial charge in [0.2, 0.25) is 0 Å². The third-order valence-corrected chi connectivity index (χ3v) is 7.04. The number of likely N-dealkylation sites (tertiary alicyclic amines) is 1. The maximum Gasteiger partial charge on any atom is 0.141 e. The molecule has 1 aliphatic carbocycles. The minimum atomic E-state index is -0.812. The highest BCUT2D eigenvalue weighted by molar-refractivity contribution is 5.82. The molecule has 2 aromatic heterocycles. The molecular weight excluding hydrogens is 350 g/mol. The van der Waals surface area contributed by atoms with E-state index < -0.39 is 5.60 Å². The predicted molar refractivity (Wildman–Crippen MR) is 109 cm³/mol. The number of nitrogens with zero attached hydrogens (tertiary/aromatic N) is 3. The Morgan fingerprint density at radius 2 is 1.96 bits per heavy atom. The molecule has 1 unspecified atom stereocenters. The molecule has 1 N–H and O–H groups in total. The van der Waals surface area contributed by atoms with Crippen LogP contribution >= 0.6 is 0 Å². The van der Waals surface area contributed by atoms with Gasteiger partial charge >= 0.3 is 0 Å². The van der Waals surface area contributed by atoms with Crippen molar-refractivity contribution in [2.75, 3.05) is 13.1 Å². The molecule has 1 saturated heterocycles. The standard InChI is InChI=1S/C23H29N3O2/c1-15-7-8-20-19(11-15)16(2)21(28-20)14-26-12-17-5-4-6-18(13-26)23(17,27)22-24-9-10-25(22)3/h7-11,17-18,27H,4-6,12-14H2,1-3H3/t17-,18+,23?. The van der Waals surface area contributed by atoms with Gasteiger partial charge in [-0.3, -0.25) is 4.90 Å². The largest absolute Gasteiger partial charge is 0.459 e. The zero-order chi connectivity index (χ0) is 19.5. The Balaban J connectivity index is 1.43. The monoisotopic (exact) mass is 379 g/mol. The summed E-state index contributed by atoms with van der Waals surface area (Å²) < 4.78 is 8.19. The van der Waals surface area contributed by atoms with Crippen molar-refractivity contribution in [3.05, 3.63) is 53.3 Å². The number of hydrogen-bond donors (Lipinski definition) is 1. The number of aryl methyl sites for hydroxylation is 3. The lowest BCUT2D eigenvalue weighted by molar-refractivity contribution is -0.155. The fraction of sp³-hybridized carbons (Fsp3) is 0.522. The van der Waals surface area contributed by atoms with Gasteiger partial charge in [-0.2, -0.15) is 0 Å². The summed E-state index contributed by atoms with van der Waals surface area (Å²) in [4.78, 5) is 7.01. The third kappa shape index (κ3) is 2.64. The molecule has 28 heavy (non-hydrogen) atoms. The molecule has 5 rings (SSSR count). The first-order valence-electron chi connectivity index (χ1n) is 10.4. The second kappa shape index (κ2) is 6.46. The molecule has 148 valence electrons.